The summed E-state index contributed by atoms with van der Waals surface area (Å²) in [6.45, 7) is 0. The van der Waals surface area contributed by atoms with Gasteiger partial charge in [0.1, 0.15) is 0 Å². The molecule has 0 bridgehead atoms. The van der Waals surface area contributed by atoms with Gasteiger partial charge in [-0.3, -0.25) is 0 Å². The number of benzene rings is 1. The molecule has 4 heteroatoms. The van der Waals surface area contributed by atoms with Gasteiger partial charge in [-0.1, -0.05) is 18.2 Å². The van der Waals surface area contributed by atoms with Crippen LogP contribution in [0, 0.1) is 0 Å². The average molecular weight is 253 g/mol. The van der Waals surface area contributed by atoms with E-state index >= 15 is 0 Å². The zero-order valence-corrected chi connectivity index (χ0v) is 10.4. The summed E-state index contributed by atoms with van der Waals surface area (Å²) < 4.78 is 0. The Hall–Kier alpha value is -1.22. The van der Waals surface area contributed by atoms with Crippen molar-refractivity contribution in [3.63, 3.8) is 0 Å². The second-order valence-corrected chi connectivity index (χ2v) is 5.03. The van der Waals surface area contributed by atoms with Crippen molar-refractivity contribution in [3.8, 4) is 0 Å². The van der Waals surface area contributed by atoms with Gasteiger partial charge in [0.15, 0.2) is 0 Å². The molecule has 0 saturated heterocycles. The van der Waals surface area contributed by atoms with E-state index in [1.54, 1.807) is 0 Å². The maximum absolute atomic E-state index is 11.7. The number of hydrogen-bond donors (Lipinski definition) is 2. The summed E-state index contributed by atoms with van der Waals surface area (Å²) in [6.07, 6.45) is 3.91. The van der Waals surface area contributed by atoms with Crippen molar-refractivity contribution in [1.82, 2.24) is 5.32 Å². The summed E-state index contributed by atoms with van der Waals surface area (Å²) in [4.78, 5) is 11.7. The summed E-state index contributed by atoms with van der Waals surface area (Å²) in [5.74, 6) is 0. The molecular weight excluding hydrogens is 236 g/mol. The topological polar surface area (TPSA) is 41.1 Å². The third-order valence-electron chi connectivity index (χ3n) is 3.02. The first-order valence-corrected chi connectivity index (χ1v) is 6.44. The Balaban J connectivity index is 1.78. The zero-order chi connectivity index (χ0) is 12.1. The van der Waals surface area contributed by atoms with Crippen molar-refractivity contribution in [1.29, 1.82) is 0 Å². The van der Waals surface area contributed by atoms with Gasteiger partial charge in [-0.15, -0.1) is 11.6 Å². The Kier molecular flexibility index (Phi) is 4.26. The number of hydrogen-bond acceptors (Lipinski definition) is 1. The van der Waals surface area contributed by atoms with E-state index in [1.165, 1.54) is 0 Å². The number of para-hydroxylation sites is 1. The molecule has 1 aliphatic carbocycles. The number of amides is 2. The van der Waals surface area contributed by atoms with Crippen LogP contribution >= 0.6 is 11.6 Å². The molecule has 0 spiro atoms. The molecule has 3 nitrogen and oxygen atoms in total. The number of anilines is 1. The van der Waals surface area contributed by atoms with E-state index in [1.807, 2.05) is 30.3 Å². The van der Waals surface area contributed by atoms with Gasteiger partial charge in [0.25, 0.3) is 0 Å². The average Bonchev–Trinajstić information content (AvgIpc) is 2.33. The van der Waals surface area contributed by atoms with Gasteiger partial charge < -0.3 is 10.6 Å². The lowest BCUT2D eigenvalue weighted by atomic mass is 9.95. The number of carbonyl (C=O) groups excluding carboxylic acids is 1. The molecule has 92 valence electrons. The van der Waals surface area contributed by atoms with Crippen LogP contribution in [0.5, 0.6) is 0 Å². The predicted octanol–water partition coefficient (Wildman–Crippen LogP) is 3.36. The third kappa shape index (κ3) is 3.93. The first-order chi connectivity index (χ1) is 8.24. The molecule has 0 unspecified atom stereocenters. The van der Waals surface area contributed by atoms with Gasteiger partial charge in [-0.05, 0) is 37.8 Å². The van der Waals surface area contributed by atoms with E-state index < -0.39 is 0 Å². The third-order valence-corrected chi connectivity index (χ3v) is 3.46. The molecule has 1 fully saturated rings. The van der Waals surface area contributed by atoms with Gasteiger partial charge in [0.2, 0.25) is 0 Å². The van der Waals surface area contributed by atoms with Crippen LogP contribution in [0.4, 0.5) is 10.5 Å². The Bertz CT molecular complexity index is 361. The highest BCUT2D eigenvalue weighted by Crippen LogP contribution is 2.22. The number of urea groups is 1. The monoisotopic (exact) mass is 252 g/mol. The van der Waals surface area contributed by atoms with Crippen LogP contribution in [0.3, 0.4) is 0 Å². The molecule has 0 aromatic heterocycles. The molecule has 1 saturated carbocycles. The van der Waals surface area contributed by atoms with Crippen LogP contribution in [-0.4, -0.2) is 17.5 Å². The minimum absolute atomic E-state index is 0.130. The molecule has 1 aliphatic rings. The Morgan fingerprint density at radius 2 is 1.76 bits per heavy atom. The fourth-order valence-corrected chi connectivity index (χ4v) is 2.32. The second-order valence-electron chi connectivity index (χ2n) is 4.41. The van der Waals surface area contributed by atoms with Gasteiger partial charge in [-0.2, -0.15) is 0 Å². The highest BCUT2D eigenvalue weighted by Gasteiger charge is 2.20. The number of nitrogens with one attached hydrogen (secondary N) is 2. The fraction of sp³-hybridized carbons (Fsp3) is 0.462. The fourth-order valence-electron chi connectivity index (χ4n) is 2.07. The van der Waals surface area contributed by atoms with Crippen LogP contribution in [-0.2, 0) is 0 Å². The molecule has 0 atom stereocenters. The SMILES string of the molecule is O=C(Nc1ccccc1)NC1CCC(Cl)CC1. The van der Waals surface area contributed by atoms with Crippen LogP contribution in [0.2, 0.25) is 0 Å². The minimum Gasteiger partial charge on any atom is -0.335 e. The van der Waals surface area contributed by atoms with E-state index in [9.17, 15) is 4.79 Å². The quantitative estimate of drug-likeness (QED) is 0.779. The smallest absolute Gasteiger partial charge is 0.319 e. The molecule has 0 radical (unpaired) electrons. The predicted molar refractivity (Wildman–Crippen MR) is 70.5 cm³/mol. The summed E-state index contributed by atoms with van der Waals surface area (Å²) in [7, 11) is 0. The molecule has 1 aromatic carbocycles. The number of alkyl halides is 1. The maximum Gasteiger partial charge on any atom is 0.319 e. The van der Waals surface area contributed by atoms with Crippen LogP contribution in [0.25, 0.3) is 0 Å². The Morgan fingerprint density at radius 1 is 1.12 bits per heavy atom. The largest absolute Gasteiger partial charge is 0.335 e. The molecule has 2 N–H and O–H groups in total. The second kappa shape index (κ2) is 5.92. The number of halogens is 1. The van der Waals surface area contributed by atoms with Crippen molar-refractivity contribution >= 4 is 23.3 Å². The van der Waals surface area contributed by atoms with E-state index in [2.05, 4.69) is 10.6 Å². The Labute approximate surface area is 107 Å². The first-order valence-electron chi connectivity index (χ1n) is 6.00. The molecule has 0 heterocycles. The number of rotatable bonds is 2. The van der Waals surface area contributed by atoms with Crippen molar-refractivity contribution in [2.75, 3.05) is 5.32 Å². The Morgan fingerprint density at radius 3 is 2.41 bits per heavy atom. The van der Waals surface area contributed by atoms with E-state index in [0.717, 1.165) is 31.4 Å². The molecule has 1 aromatic rings. The van der Waals surface area contributed by atoms with Gasteiger partial charge in [0.05, 0.1) is 0 Å². The summed E-state index contributed by atoms with van der Waals surface area (Å²) in [5.41, 5.74) is 0.816. The van der Waals surface area contributed by atoms with Crippen molar-refractivity contribution in [2.45, 2.75) is 37.1 Å². The summed E-state index contributed by atoms with van der Waals surface area (Å²) >= 11 is 6.02. The van der Waals surface area contributed by atoms with E-state index in [-0.39, 0.29) is 17.5 Å². The molecule has 17 heavy (non-hydrogen) atoms. The lowest BCUT2D eigenvalue weighted by molar-refractivity contribution is 0.244. The molecule has 2 rings (SSSR count). The van der Waals surface area contributed by atoms with E-state index in [4.69, 9.17) is 11.6 Å². The van der Waals surface area contributed by atoms with Crippen molar-refractivity contribution in [2.24, 2.45) is 0 Å². The van der Waals surface area contributed by atoms with Crippen molar-refractivity contribution < 1.29 is 4.79 Å². The molecular formula is C13H17ClN2O. The molecule has 0 aliphatic heterocycles. The summed E-state index contributed by atoms with van der Waals surface area (Å²) in [6, 6.07) is 9.58. The molecule has 2 amide bonds. The van der Waals surface area contributed by atoms with Crippen LogP contribution in [0.15, 0.2) is 30.3 Å². The maximum atomic E-state index is 11.7. The summed E-state index contributed by atoms with van der Waals surface area (Å²) in [5, 5.41) is 6.08. The van der Waals surface area contributed by atoms with E-state index in [0.29, 0.717) is 0 Å². The van der Waals surface area contributed by atoms with Gasteiger partial charge >= 0.3 is 6.03 Å². The first kappa shape index (κ1) is 12.2. The highest BCUT2D eigenvalue weighted by molar-refractivity contribution is 6.20. The number of carbonyl (C=O) groups is 1. The minimum atomic E-state index is -0.130. The lowest BCUT2D eigenvalue weighted by Crippen LogP contribution is -2.40. The normalized spacial score (nSPS) is 24.1. The van der Waals surface area contributed by atoms with Crippen molar-refractivity contribution in [3.05, 3.63) is 30.3 Å². The van der Waals surface area contributed by atoms with Crippen LogP contribution < -0.4 is 10.6 Å². The van der Waals surface area contributed by atoms with Crippen LogP contribution in [0.1, 0.15) is 25.7 Å². The van der Waals surface area contributed by atoms with Gasteiger partial charge in [-0.25, -0.2) is 4.79 Å². The highest BCUT2D eigenvalue weighted by atomic mass is 35.5. The lowest BCUT2D eigenvalue weighted by Gasteiger charge is -2.25. The zero-order valence-electron chi connectivity index (χ0n) is 9.66. The van der Waals surface area contributed by atoms with Gasteiger partial charge in [0, 0.05) is 17.1 Å². The standard InChI is InChI=1S/C13H17ClN2O/c14-10-6-8-12(9-7-10)16-13(17)15-11-4-2-1-3-5-11/h1-5,10,12H,6-9H2,(H2,15,16,17).